The first-order chi connectivity index (χ1) is 12.9. The van der Waals surface area contributed by atoms with Crippen molar-refractivity contribution < 1.29 is 18.9 Å². The third-order valence-electron chi connectivity index (χ3n) is 4.10. The van der Waals surface area contributed by atoms with E-state index in [1.807, 2.05) is 24.3 Å². The number of hydrogen-bond acceptors (Lipinski definition) is 4. The van der Waals surface area contributed by atoms with Gasteiger partial charge in [0.15, 0.2) is 13.6 Å². The molecular weight excluding hydrogens is 328 g/mol. The Morgan fingerprint density at radius 3 is 1.23 bits per heavy atom. The second-order valence-electron chi connectivity index (χ2n) is 6.09. The van der Waals surface area contributed by atoms with Gasteiger partial charge in [-0.1, -0.05) is 62.4 Å². The lowest BCUT2D eigenvalue weighted by Gasteiger charge is -2.17. The third-order valence-corrected chi connectivity index (χ3v) is 4.10. The quantitative estimate of drug-likeness (QED) is 0.273. The molecule has 3 rings (SSSR count). The molecule has 3 aromatic carbocycles. The zero-order chi connectivity index (χ0) is 18.2. The van der Waals surface area contributed by atoms with E-state index in [1.54, 1.807) is 0 Å². The fourth-order valence-electron chi connectivity index (χ4n) is 2.97. The van der Waals surface area contributed by atoms with Gasteiger partial charge in [0, 0.05) is 21.5 Å². The Bertz CT molecular complexity index is 717. The van der Waals surface area contributed by atoms with Crippen LogP contribution in [-0.4, -0.2) is 26.8 Å². The molecule has 0 saturated carbocycles. The van der Waals surface area contributed by atoms with E-state index in [0.29, 0.717) is 13.2 Å². The monoisotopic (exact) mass is 354 g/mol. The standard InChI is InChI=1S/C22H26O4/c1-3-13-23-15-25-21-17-9-5-7-11-19(17)22(26-16-24-14-4-2)20-12-8-6-10-18(20)21/h5-12H,3-4,13-16H2,1-2H3. The largest absolute Gasteiger partial charge is 0.466 e. The summed E-state index contributed by atoms with van der Waals surface area (Å²) in [5.41, 5.74) is 0. The summed E-state index contributed by atoms with van der Waals surface area (Å²) in [5, 5.41) is 4.04. The van der Waals surface area contributed by atoms with Crippen LogP contribution >= 0.6 is 0 Å². The summed E-state index contributed by atoms with van der Waals surface area (Å²) in [6.07, 6.45) is 1.94. The minimum Gasteiger partial charge on any atom is -0.466 e. The van der Waals surface area contributed by atoms with Crippen molar-refractivity contribution in [3.8, 4) is 11.5 Å². The molecule has 4 heteroatoms. The Hall–Kier alpha value is -2.30. The van der Waals surface area contributed by atoms with Crippen molar-refractivity contribution in [3.63, 3.8) is 0 Å². The Labute approximate surface area is 154 Å². The molecular formula is C22H26O4. The van der Waals surface area contributed by atoms with Crippen LogP contribution in [0.1, 0.15) is 26.7 Å². The molecule has 4 nitrogen and oxygen atoms in total. The average Bonchev–Trinajstić information content (AvgIpc) is 2.69. The zero-order valence-corrected chi connectivity index (χ0v) is 15.5. The highest BCUT2D eigenvalue weighted by Crippen LogP contribution is 2.42. The van der Waals surface area contributed by atoms with Gasteiger partial charge in [0.1, 0.15) is 11.5 Å². The van der Waals surface area contributed by atoms with Crippen LogP contribution in [0.5, 0.6) is 11.5 Å². The van der Waals surface area contributed by atoms with E-state index >= 15 is 0 Å². The first-order valence-corrected chi connectivity index (χ1v) is 9.21. The average molecular weight is 354 g/mol. The van der Waals surface area contributed by atoms with E-state index in [0.717, 1.165) is 45.9 Å². The van der Waals surface area contributed by atoms with Crippen LogP contribution in [-0.2, 0) is 9.47 Å². The molecule has 0 radical (unpaired) electrons. The van der Waals surface area contributed by atoms with Gasteiger partial charge in [-0.2, -0.15) is 0 Å². The van der Waals surface area contributed by atoms with Gasteiger partial charge in [-0.3, -0.25) is 0 Å². The van der Waals surface area contributed by atoms with Crippen LogP contribution in [0, 0.1) is 0 Å². The maximum Gasteiger partial charge on any atom is 0.189 e. The van der Waals surface area contributed by atoms with Gasteiger partial charge >= 0.3 is 0 Å². The molecule has 138 valence electrons. The summed E-state index contributed by atoms with van der Waals surface area (Å²) in [5.74, 6) is 1.66. The first kappa shape index (κ1) is 18.5. The highest BCUT2D eigenvalue weighted by atomic mass is 16.7. The summed E-state index contributed by atoms with van der Waals surface area (Å²) < 4.78 is 23.1. The summed E-state index contributed by atoms with van der Waals surface area (Å²) in [6, 6.07) is 16.2. The lowest BCUT2D eigenvalue weighted by atomic mass is 10.0. The van der Waals surface area contributed by atoms with E-state index in [1.165, 1.54) is 0 Å². The molecule has 0 aromatic heterocycles. The molecule has 0 bridgehead atoms. The summed E-state index contributed by atoms with van der Waals surface area (Å²) in [6.45, 7) is 6.01. The third kappa shape index (κ3) is 4.09. The van der Waals surface area contributed by atoms with Crippen molar-refractivity contribution in [2.45, 2.75) is 26.7 Å². The Balaban J connectivity index is 2.03. The normalized spacial score (nSPS) is 11.2. The van der Waals surface area contributed by atoms with Gasteiger partial charge in [-0.05, 0) is 12.8 Å². The fourth-order valence-corrected chi connectivity index (χ4v) is 2.97. The molecule has 0 unspecified atom stereocenters. The number of fused-ring (bicyclic) bond motifs is 2. The number of ether oxygens (including phenoxy) is 4. The highest BCUT2D eigenvalue weighted by Gasteiger charge is 2.15. The maximum absolute atomic E-state index is 6.02. The van der Waals surface area contributed by atoms with Crippen LogP contribution in [0.25, 0.3) is 21.5 Å². The second kappa shape index (κ2) is 9.41. The second-order valence-corrected chi connectivity index (χ2v) is 6.09. The number of benzene rings is 3. The molecule has 26 heavy (non-hydrogen) atoms. The Kier molecular flexibility index (Phi) is 6.69. The van der Waals surface area contributed by atoms with Crippen molar-refractivity contribution in [2.75, 3.05) is 26.8 Å². The number of hydrogen-bond donors (Lipinski definition) is 0. The van der Waals surface area contributed by atoms with Crippen molar-refractivity contribution in [1.82, 2.24) is 0 Å². The Morgan fingerprint density at radius 1 is 0.577 bits per heavy atom. The molecule has 3 aromatic rings. The van der Waals surface area contributed by atoms with E-state index in [-0.39, 0.29) is 13.6 Å². The van der Waals surface area contributed by atoms with Gasteiger partial charge < -0.3 is 18.9 Å². The SMILES string of the molecule is CCCOCOc1c2ccccc2c(OCOCCC)c2ccccc12. The van der Waals surface area contributed by atoms with Crippen LogP contribution in [0.15, 0.2) is 48.5 Å². The molecule has 0 N–H and O–H groups in total. The van der Waals surface area contributed by atoms with Crippen molar-refractivity contribution in [1.29, 1.82) is 0 Å². The van der Waals surface area contributed by atoms with Gasteiger partial charge in [0.2, 0.25) is 0 Å². The molecule has 0 heterocycles. The fraction of sp³-hybridized carbons (Fsp3) is 0.364. The molecule has 0 spiro atoms. The molecule has 0 fully saturated rings. The molecule has 0 aliphatic carbocycles. The lowest BCUT2D eigenvalue weighted by Crippen LogP contribution is -2.06. The predicted octanol–water partition coefficient (Wildman–Crippen LogP) is 5.52. The van der Waals surface area contributed by atoms with Gasteiger partial charge in [0.05, 0.1) is 13.2 Å². The Morgan fingerprint density at radius 2 is 0.923 bits per heavy atom. The summed E-state index contributed by atoms with van der Waals surface area (Å²) >= 11 is 0. The van der Waals surface area contributed by atoms with E-state index < -0.39 is 0 Å². The predicted molar refractivity (Wildman–Crippen MR) is 105 cm³/mol. The van der Waals surface area contributed by atoms with Crippen LogP contribution in [0.2, 0.25) is 0 Å². The summed E-state index contributed by atoms with van der Waals surface area (Å²) in [7, 11) is 0. The van der Waals surface area contributed by atoms with Crippen molar-refractivity contribution in [3.05, 3.63) is 48.5 Å². The van der Waals surface area contributed by atoms with Gasteiger partial charge in [0.25, 0.3) is 0 Å². The molecule has 0 atom stereocenters. The lowest BCUT2D eigenvalue weighted by molar-refractivity contribution is 0.0160. The zero-order valence-electron chi connectivity index (χ0n) is 15.5. The van der Waals surface area contributed by atoms with E-state index in [9.17, 15) is 0 Å². The van der Waals surface area contributed by atoms with Gasteiger partial charge in [-0.25, -0.2) is 0 Å². The summed E-state index contributed by atoms with van der Waals surface area (Å²) in [4.78, 5) is 0. The minimum atomic E-state index is 0.238. The maximum atomic E-state index is 6.02. The number of rotatable bonds is 10. The van der Waals surface area contributed by atoms with Gasteiger partial charge in [-0.15, -0.1) is 0 Å². The molecule has 0 saturated heterocycles. The van der Waals surface area contributed by atoms with Crippen molar-refractivity contribution in [2.24, 2.45) is 0 Å². The van der Waals surface area contributed by atoms with E-state index in [4.69, 9.17) is 18.9 Å². The van der Waals surface area contributed by atoms with E-state index in [2.05, 4.69) is 38.1 Å². The smallest absolute Gasteiger partial charge is 0.189 e. The van der Waals surface area contributed by atoms with Crippen LogP contribution in [0.4, 0.5) is 0 Å². The molecule has 0 aliphatic rings. The van der Waals surface area contributed by atoms with Crippen LogP contribution in [0.3, 0.4) is 0 Å². The van der Waals surface area contributed by atoms with Crippen LogP contribution < -0.4 is 9.47 Å². The molecule has 0 aliphatic heterocycles. The topological polar surface area (TPSA) is 36.9 Å². The first-order valence-electron chi connectivity index (χ1n) is 9.21. The van der Waals surface area contributed by atoms with Crippen molar-refractivity contribution >= 4 is 21.5 Å². The molecule has 0 amide bonds. The highest BCUT2D eigenvalue weighted by molar-refractivity contribution is 6.11. The minimum absolute atomic E-state index is 0.238.